The van der Waals surface area contributed by atoms with E-state index in [0.717, 1.165) is 11.1 Å². The van der Waals surface area contributed by atoms with Crippen LogP contribution < -0.4 is 5.32 Å². The molecular formula is C19H19N3O3. The summed E-state index contributed by atoms with van der Waals surface area (Å²) in [5.74, 6) is 0.829. The standard InChI is InChI=1S/C19H19N3O3/c1-2-24-19(23)20-16(13-14-9-5-3-6-10-14)18-21-17(22-25-18)15-11-7-4-8-12-15/h3-12,16H,2,13H2,1H3,(H,20,23)/t16-/m0/s1. The lowest BCUT2D eigenvalue weighted by Crippen LogP contribution is -2.30. The van der Waals surface area contributed by atoms with Crippen LogP contribution in [0.3, 0.4) is 0 Å². The fraction of sp³-hybridized carbons (Fsp3) is 0.211. The maximum atomic E-state index is 11.9. The van der Waals surface area contributed by atoms with Gasteiger partial charge in [0.1, 0.15) is 6.04 Å². The zero-order valence-electron chi connectivity index (χ0n) is 13.9. The third-order valence-corrected chi connectivity index (χ3v) is 3.62. The first-order valence-corrected chi connectivity index (χ1v) is 8.12. The highest BCUT2D eigenvalue weighted by molar-refractivity contribution is 5.67. The topological polar surface area (TPSA) is 77.2 Å². The fourth-order valence-electron chi connectivity index (χ4n) is 2.45. The lowest BCUT2D eigenvalue weighted by atomic mass is 10.1. The molecule has 6 heteroatoms. The van der Waals surface area contributed by atoms with Gasteiger partial charge >= 0.3 is 6.09 Å². The normalized spacial score (nSPS) is 11.7. The second-order valence-corrected chi connectivity index (χ2v) is 5.43. The molecule has 0 aliphatic rings. The molecule has 0 fully saturated rings. The summed E-state index contributed by atoms with van der Waals surface area (Å²) in [5, 5.41) is 6.81. The van der Waals surface area contributed by atoms with Crippen LogP contribution >= 0.6 is 0 Å². The average Bonchev–Trinajstić information content (AvgIpc) is 3.13. The molecule has 0 radical (unpaired) electrons. The van der Waals surface area contributed by atoms with E-state index in [1.165, 1.54) is 0 Å². The van der Waals surface area contributed by atoms with E-state index >= 15 is 0 Å². The summed E-state index contributed by atoms with van der Waals surface area (Å²) in [7, 11) is 0. The van der Waals surface area contributed by atoms with Crippen LogP contribution in [0.5, 0.6) is 0 Å². The zero-order chi connectivity index (χ0) is 17.5. The molecular weight excluding hydrogens is 318 g/mol. The quantitative estimate of drug-likeness (QED) is 0.741. The molecule has 0 unspecified atom stereocenters. The zero-order valence-corrected chi connectivity index (χ0v) is 13.9. The van der Waals surface area contributed by atoms with Crippen LogP contribution in [-0.4, -0.2) is 22.8 Å². The Bertz CT molecular complexity index is 803. The van der Waals surface area contributed by atoms with Gasteiger partial charge in [-0.25, -0.2) is 4.79 Å². The Morgan fingerprint density at radius 3 is 2.48 bits per heavy atom. The number of hydrogen-bond acceptors (Lipinski definition) is 5. The van der Waals surface area contributed by atoms with E-state index in [9.17, 15) is 4.79 Å². The van der Waals surface area contributed by atoms with Gasteiger partial charge in [0.2, 0.25) is 11.7 Å². The number of nitrogens with zero attached hydrogens (tertiary/aromatic N) is 2. The second kappa shape index (κ2) is 8.10. The smallest absolute Gasteiger partial charge is 0.407 e. The molecule has 25 heavy (non-hydrogen) atoms. The Morgan fingerprint density at radius 2 is 1.80 bits per heavy atom. The van der Waals surface area contributed by atoms with Crippen LogP contribution in [0.4, 0.5) is 4.79 Å². The highest BCUT2D eigenvalue weighted by Gasteiger charge is 2.22. The molecule has 0 spiro atoms. The Morgan fingerprint density at radius 1 is 1.12 bits per heavy atom. The monoisotopic (exact) mass is 337 g/mol. The van der Waals surface area contributed by atoms with Gasteiger partial charge in [-0.3, -0.25) is 0 Å². The van der Waals surface area contributed by atoms with Crippen LogP contribution in [0, 0.1) is 0 Å². The number of ether oxygens (including phenoxy) is 1. The Kier molecular flexibility index (Phi) is 5.41. The van der Waals surface area contributed by atoms with Crippen molar-refractivity contribution in [2.45, 2.75) is 19.4 Å². The van der Waals surface area contributed by atoms with Crippen molar-refractivity contribution in [1.29, 1.82) is 0 Å². The molecule has 1 heterocycles. The molecule has 0 saturated carbocycles. The fourth-order valence-corrected chi connectivity index (χ4v) is 2.45. The van der Waals surface area contributed by atoms with Crippen molar-refractivity contribution in [2.24, 2.45) is 0 Å². The molecule has 0 bridgehead atoms. The second-order valence-electron chi connectivity index (χ2n) is 5.43. The molecule has 0 saturated heterocycles. The highest BCUT2D eigenvalue weighted by Crippen LogP contribution is 2.21. The molecule has 1 N–H and O–H groups in total. The summed E-state index contributed by atoms with van der Waals surface area (Å²) >= 11 is 0. The van der Waals surface area contributed by atoms with Crippen LogP contribution in [0.2, 0.25) is 0 Å². The molecule has 1 aromatic heterocycles. The third kappa shape index (κ3) is 4.44. The first-order chi connectivity index (χ1) is 12.3. The van der Waals surface area contributed by atoms with Crippen LogP contribution in [-0.2, 0) is 11.2 Å². The minimum Gasteiger partial charge on any atom is -0.450 e. The molecule has 1 atom stereocenters. The number of amides is 1. The summed E-state index contributed by atoms with van der Waals surface area (Å²) in [6.45, 7) is 2.05. The first kappa shape index (κ1) is 16.7. The molecule has 2 aromatic carbocycles. The number of carbonyl (C=O) groups is 1. The molecule has 3 rings (SSSR count). The molecule has 3 aromatic rings. The Labute approximate surface area is 145 Å². The molecule has 128 valence electrons. The van der Waals surface area contributed by atoms with Gasteiger partial charge in [0.15, 0.2) is 0 Å². The predicted molar refractivity (Wildman–Crippen MR) is 92.8 cm³/mol. The highest BCUT2D eigenvalue weighted by atomic mass is 16.5. The summed E-state index contributed by atoms with van der Waals surface area (Å²) in [4.78, 5) is 16.3. The van der Waals surface area contributed by atoms with Crippen molar-refractivity contribution in [2.75, 3.05) is 6.61 Å². The summed E-state index contributed by atoms with van der Waals surface area (Å²) in [5.41, 5.74) is 1.90. The van der Waals surface area contributed by atoms with E-state index in [-0.39, 0.29) is 0 Å². The van der Waals surface area contributed by atoms with Crippen LogP contribution in [0.1, 0.15) is 24.4 Å². The van der Waals surface area contributed by atoms with Gasteiger partial charge in [-0.15, -0.1) is 0 Å². The van der Waals surface area contributed by atoms with Gasteiger partial charge in [0.25, 0.3) is 0 Å². The summed E-state index contributed by atoms with van der Waals surface area (Å²) < 4.78 is 10.4. The van der Waals surface area contributed by atoms with Crippen molar-refractivity contribution in [3.63, 3.8) is 0 Å². The lowest BCUT2D eigenvalue weighted by molar-refractivity contribution is 0.145. The van der Waals surface area contributed by atoms with E-state index in [1.807, 2.05) is 60.7 Å². The lowest BCUT2D eigenvalue weighted by Gasteiger charge is -2.14. The van der Waals surface area contributed by atoms with Crippen molar-refractivity contribution >= 4 is 6.09 Å². The van der Waals surface area contributed by atoms with E-state index in [0.29, 0.717) is 24.7 Å². The van der Waals surface area contributed by atoms with Gasteiger partial charge in [0.05, 0.1) is 6.61 Å². The number of hydrogen-bond donors (Lipinski definition) is 1. The summed E-state index contributed by atoms with van der Waals surface area (Å²) in [6, 6.07) is 18.9. The van der Waals surface area contributed by atoms with Gasteiger partial charge in [-0.05, 0) is 12.5 Å². The number of rotatable bonds is 6. The minimum absolute atomic E-state index is 0.295. The van der Waals surface area contributed by atoms with Crippen molar-refractivity contribution in [1.82, 2.24) is 15.5 Å². The van der Waals surface area contributed by atoms with Crippen molar-refractivity contribution < 1.29 is 14.1 Å². The molecule has 0 aliphatic carbocycles. The van der Waals surface area contributed by atoms with E-state index < -0.39 is 12.1 Å². The maximum absolute atomic E-state index is 11.9. The molecule has 0 aliphatic heterocycles. The van der Waals surface area contributed by atoms with Gasteiger partial charge in [0, 0.05) is 12.0 Å². The number of nitrogens with one attached hydrogen (secondary N) is 1. The Hall–Kier alpha value is -3.15. The molecule has 6 nitrogen and oxygen atoms in total. The van der Waals surface area contributed by atoms with E-state index in [4.69, 9.17) is 9.26 Å². The summed E-state index contributed by atoms with van der Waals surface area (Å²) in [6.07, 6.45) is 0.0127. The third-order valence-electron chi connectivity index (χ3n) is 3.62. The number of alkyl carbamates (subject to hydrolysis) is 1. The first-order valence-electron chi connectivity index (χ1n) is 8.12. The van der Waals surface area contributed by atoms with Crippen LogP contribution in [0.15, 0.2) is 65.2 Å². The SMILES string of the molecule is CCOC(=O)N[C@@H](Cc1ccccc1)c1nc(-c2ccccc2)no1. The van der Waals surface area contributed by atoms with Crippen LogP contribution in [0.25, 0.3) is 11.4 Å². The average molecular weight is 337 g/mol. The number of benzene rings is 2. The van der Waals surface area contributed by atoms with Crippen molar-refractivity contribution in [3.8, 4) is 11.4 Å². The number of carbonyl (C=O) groups excluding carboxylic acids is 1. The number of aromatic nitrogens is 2. The minimum atomic E-state index is -0.511. The van der Waals surface area contributed by atoms with Gasteiger partial charge < -0.3 is 14.6 Å². The van der Waals surface area contributed by atoms with E-state index in [1.54, 1.807) is 6.92 Å². The van der Waals surface area contributed by atoms with Gasteiger partial charge in [-0.1, -0.05) is 65.8 Å². The maximum Gasteiger partial charge on any atom is 0.407 e. The van der Waals surface area contributed by atoms with Crippen molar-refractivity contribution in [3.05, 3.63) is 72.1 Å². The van der Waals surface area contributed by atoms with Gasteiger partial charge in [-0.2, -0.15) is 4.98 Å². The molecule has 1 amide bonds. The predicted octanol–water partition coefficient (Wildman–Crippen LogP) is 3.77. The van der Waals surface area contributed by atoms with E-state index in [2.05, 4.69) is 15.5 Å². The largest absolute Gasteiger partial charge is 0.450 e. The Balaban J connectivity index is 1.83.